The van der Waals surface area contributed by atoms with Crippen molar-refractivity contribution in [2.75, 3.05) is 12.4 Å². The Hall–Kier alpha value is -3.58. The number of ether oxygens (including phenoxy) is 1. The number of anilines is 1. The van der Waals surface area contributed by atoms with Gasteiger partial charge in [-0.1, -0.05) is 23.7 Å². The Balaban J connectivity index is 1.63. The highest BCUT2D eigenvalue weighted by molar-refractivity contribution is 6.30. The third-order valence-electron chi connectivity index (χ3n) is 4.24. The van der Waals surface area contributed by atoms with Gasteiger partial charge in [0.25, 0.3) is 5.91 Å². The molecule has 0 bridgehead atoms. The first kappa shape index (κ1) is 18.8. The second-order valence-electron chi connectivity index (χ2n) is 6.16. The highest BCUT2D eigenvalue weighted by Gasteiger charge is 2.20. The van der Waals surface area contributed by atoms with Crippen molar-refractivity contribution in [1.82, 2.24) is 14.8 Å². The van der Waals surface area contributed by atoms with Crippen LogP contribution in [0.1, 0.15) is 15.9 Å². The predicted molar refractivity (Wildman–Crippen MR) is 109 cm³/mol. The minimum absolute atomic E-state index is 0.312. The number of nitrogens with one attached hydrogen (secondary N) is 1. The lowest BCUT2D eigenvalue weighted by Crippen LogP contribution is -2.17. The number of carbonyl (C=O) groups excluding carboxylic acids is 1. The number of halogens is 1. The number of furan rings is 1. The average Bonchev–Trinajstić information content (AvgIpc) is 3.42. The highest BCUT2D eigenvalue weighted by atomic mass is 35.5. The zero-order chi connectivity index (χ0) is 20.2. The molecule has 0 radical (unpaired) electrons. The summed E-state index contributed by atoms with van der Waals surface area (Å²) in [4.78, 5) is 17.4. The Labute approximate surface area is 171 Å². The third-order valence-corrected chi connectivity index (χ3v) is 4.49. The fraction of sp³-hybridized carbons (Fsp3) is 0.0952. The molecule has 0 atom stereocenters. The van der Waals surface area contributed by atoms with Gasteiger partial charge in [0.15, 0.2) is 5.76 Å². The number of methoxy groups -OCH3 is 1. The van der Waals surface area contributed by atoms with Crippen LogP contribution in [0.4, 0.5) is 5.95 Å². The van der Waals surface area contributed by atoms with Crippen molar-refractivity contribution < 1.29 is 13.9 Å². The Morgan fingerprint density at radius 1 is 1.14 bits per heavy atom. The van der Waals surface area contributed by atoms with Crippen LogP contribution in [0.2, 0.25) is 5.02 Å². The summed E-state index contributed by atoms with van der Waals surface area (Å²) in [6, 6.07) is 17.7. The van der Waals surface area contributed by atoms with Crippen LogP contribution in [0, 0.1) is 0 Å². The van der Waals surface area contributed by atoms with Crippen LogP contribution < -0.4 is 10.1 Å². The van der Waals surface area contributed by atoms with Gasteiger partial charge in [0.05, 0.1) is 13.4 Å². The maximum absolute atomic E-state index is 13.0. The van der Waals surface area contributed by atoms with E-state index in [1.165, 1.54) is 10.9 Å². The zero-order valence-corrected chi connectivity index (χ0v) is 16.3. The molecule has 1 N–H and O–H groups in total. The summed E-state index contributed by atoms with van der Waals surface area (Å²) < 4.78 is 11.8. The molecule has 2 aromatic heterocycles. The van der Waals surface area contributed by atoms with Crippen molar-refractivity contribution in [3.63, 3.8) is 0 Å². The molecule has 2 heterocycles. The number of nitrogens with zero attached hydrogens (tertiary/aromatic N) is 3. The smallest absolute Gasteiger partial charge is 0.281 e. The summed E-state index contributed by atoms with van der Waals surface area (Å²) in [5.41, 5.74) is 1.44. The standard InChI is InChI=1S/C21H17ClN4O3/c1-28-17-10-4-14(5-11-17)13-23-21-24-19(18-3-2-12-29-18)25-26(21)20(27)15-6-8-16(22)9-7-15/h2-12H,13H2,1H3,(H,23,24,25). The molecule has 0 spiro atoms. The van der Waals surface area contributed by atoms with Gasteiger partial charge in [-0.15, -0.1) is 5.10 Å². The predicted octanol–water partition coefficient (Wildman–Crippen LogP) is 4.50. The van der Waals surface area contributed by atoms with Gasteiger partial charge in [0.2, 0.25) is 11.8 Å². The van der Waals surface area contributed by atoms with E-state index in [2.05, 4.69) is 15.4 Å². The third kappa shape index (κ3) is 4.14. The first-order valence-electron chi connectivity index (χ1n) is 8.82. The molecule has 0 amide bonds. The van der Waals surface area contributed by atoms with Crippen molar-refractivity contribution in [1.29, 1.82) is 0 Å². The van der Waals surface area contributed by atoms with E-state index >= 15 is 0 Å². The fourth-order valence-corrected chi connectivity index (χ4v) is 2.84. The molecule has 4 aromatic rings. The molecule has 29 heavy (non-hydrogen) atoms. The summed E-state index contributed by atoms with van der Waals surface area (Å²) in [5.74, 6) is 1.54. The van der Waals surface area contributed by atoms with Gasteiger partial charge in [-0.05, 0) is 54.1 Å². The lowest BCUT2D eigenvalue weighted by Gasteiger charge is -2.08. The molecule has 0 aliphatic carbocycles. The van der Waals surface area contributed by atoms with Gasteiger partial charge in [0, 0.05) is 17.1 Å². The summed E-state index contributed by atoms with van der Waals surface area (Å²) in [5, 5.41) is 8.06. The van der Waals surface area contributed by atoms with Gasteiger partial charge in [-0.25, -0.2) is 0 Å². The number of hydrogen-bond acceptors (Lipinski definition) is 6. The van der Waals surface area contributed by atoms with Gasteiger partial charge in [-0.3, -0.25) is 4.79 Å². The number of carbonyl (C=O) groups is 1. The van der Waals surface area contributed by atoms with Crippen LogP contribution in [-0.2, 0) is 6.54 Å². The van der Waals surface area contributed by atoms with Crippen LogP contribution in [0.25, 0.3) is 11.6 Å². The van der Waals surface area contributed by atoms with Gasteiger partial charge in [-0.2, -0.15) is 9.67 Å². The zero-order valence-electron chi connectivity index (χ0n) is 15.5. The van der Waals surface area contributed by atoms with Gasteiger partial charge >= 0.3 is 0 Å². The molecule has 2 aromatic carbocycles. The molecule has 0 aliphatic heterocycles. The summed E-state index contributed by atoms with van der Waals surface area (Å²) in [6.45, 7) is 0.453. The monoisotopic (exact) mass is 408 g/mol. The topological polar surface area (TPSA) is 82.2 Å². The van der Waals surface area contributed by atoms with Crippen LogP contribution >= 0.6 is 11.6 Å². The molecular weight excluding hydrogens is 392 g/mol. The quantitative estimate of drug-likeness (QED) is 0.505. The molecule has 0 saturated carbocycles. The molecule has 8 heteroatoms. The lowest BCUT2D eigenvalue weighted by molar-refractivity contribution is 0.0947. The van der Waals surface area contributed by atoms with Crippen LogP contribution in [0.3, 0.4) is 0 Å². The van der Waals surface area contributed by atoms with Crippen molar-refractivity contribution in [3.8, 4) is 17.3 Å². The van der Waals surface area contributed by atoms with E-state index in [-0.39, 0.29) is 5.91 Å². The van der Waals surface area contributed by atoms with Crippen molar-refractivity contribution in [2.45, 2.75) is 6.54 Å². The lowest BCUT2D eigenvalue weighted by atomic mass is 10.2. The first-order chi connectivity index (χ1) is 14.1. The Bertz CT molecular complexity index is 1100. The van der Waals surface area contributed by atoms with Crippen LogP contribution in [0.5, 0.6) is 5.75 Å². The van der Waals surface area contributed by atoms with Gasteiger partial charge < -0.3 is 14.5 Å². The number of benzene rings is 2. The van der Waals surface area contributed by atoms with Crippen molar-refractivity contribution in [2.24, 2.45) is 0 Å². The Morgan fingerprint density at radius 2 is 1.90 bits per heavy atom. The normalized spacial score (nSPS) is 10.7. The van der Waals surface area contributed by atoms with Crippen molar-refractivity contribution >= 4 is 23.5 Å². The minimum atomic E-state index is -0.329. The summed E-state index contributed by atoms with van der Waals surface area (Å²) in [7, 11) is 1.62. The minimum Gasteiger partial charge on any atom is -0.497 e. The average molecular weight is 409 g/mol. The molecule has 0 saturated heterocycles. The molecular formula is C21H17ClN4O3. The summed E-state index contributed by atoms with van der Waals surface area (Å²) in [6.07, 6.45) is 1.53. The number of rotatable bonds is 6. The fourth-order valence-electron chi connectivity index (χ4n) is 2.72. The van der Waals surface area contributed by atoms with Crippen molar-refractivity contribution in [3.05, 3.63) is 83.1 Å². The first-order valence-corrected chi connectivity index (χ1v) is 9.20. The summed E-state index contributed by atoms with van der Waals surface area (Å²) >= 11 is 5.92. The largest absolute Gasteiger partial charge is 0.497 e. The molecule has 0 fully saturated rings. The Morgan fingerprint density at radius 3 is 2.55 bits per heavy atom. The maximum Gasteiger partial charge on any atom is 0.281 e. The SMILES string of the molecule is COc1ccc(CNc2nc(-c3ccco3)nn2C(=O)c2ccc(Cl)cc2)cc1. The molecule has 0 aliphatic rings. The number of aromatic nitrogens is 3. The van der Waals surface area contributed by atoms with Gasteiger partial charge in [0.1, 0.15) is 5.75 Å². The molecule has 7 nitrogen and oxygen atoms in total. The second kappa shape index (κ2) is 8.20. The maximum atomic E-state index is 13.0. The van der Waals surface area contributed by atoms with E-state index in [0.29, 0.717) is 34.7 Å². The van der Waals surface area contributed by atoms with E-state index in [1.54, 1.807) is 43.5 Å². The van der Waals surface area contributed by atoms with E-state index in [9.17, 15) is 4.79 Å². The Kier molecular flexibility index (Phi) is 5.31. The van der Waals surface area contributed by atoms with Crippen LogP contribution in [-0.4, -0.2) is 27.8 Å². The van der Waals surface area contributed by atoms with E-state index in [1.807, 2.05) is 24.3 Å². The van der Waals surface area contributed by atoms with E-state index in [0.717, 1.165) is 11.3 Å². The second-order valence-corrected chi connectivity index (χ2v) is 6.60. The van der Waals surface area contributed by atoms with Crippen LogP contribution in [0.15, 0.2) is 71.3 Å². The highest BCUT2D eigenvalue weighted by Crippen LogP contribution is 2.21. The molecule has 4 rings (SSSR count). The van der Waals surface area contributed by atoms with E-state index < -0.39 is 0 Å². The molecule has 146 valence electrons. The molecule has 0 unspecified atom stereocenters. The number of hydrogen-bond donors (Lipinski definition) is 1. The van der Waals surface area contributed by atoms with E-state index in [4.69, 9.17) is 20.8 Å².